The summed E-state index contributed by atoms with van der Waals surface area (Å²) in [6.45, 7) is 2.34. The molecule has 0 atom stereocenters. The highest BCUT2D eigenvalue weighted by Gasteiger charge is 2.31. The first kappa shape index (κ1) is 14.4. The van der Waals surface area contributed by atoms with Crippen molar-refractivity contribution in [2.75, 3.05) is 13.2 Å². The van der Waals surface area contributed by atoms with Crippen molar-refractivity contribution in [1.82, 2.24) is 14.5 Å². The first-order chi connectivity index (χ1) is 9.52. The number of amides is 1. The van der Waals surface area contributed by atoms with Crippen LogP contribution >= 0.6 is 0 Å². The van der Waals surface area contributed by atoms with E-state index in [2.05, 4.69) is 4.98 Å². The number of aromatic nitrogens is 2. The largest absolute Gasteiger partial charge is 0.395 e. The molecule has 1 aliphatic carbocycles. The van der Waals surface area contributed by atoms with Crippen LogP contribution in [0.2, 0.25) is 0 Å². The van der Waals surface area contributed by atoms with Crippen LogP contribution in [0.3, 0.4) is 0 Å². The quantitative estimate of drug-likeness (QED) is 0.578. The third-order valence-corrected chi connectivity index (χ3v) is 3.37. The molecule has 1 aromatic rings. The van der Waals surface area contributed by atoms with E-state index in [0.717, 1.165) is 12.8 Å². The Hall–Kier alpha value is -1.96. The molecule has 0 unspecified atom stereocenters. The first-order valence-corrected chi connectivity index (χ1v) is 6.61. The summed E-state index contributed by atoms with van der Waals surface area (Å²) in [5, 5.41) is 19.6. The highest BCUT2D eigenvalue weighted by atomic mass is 16.6. The maximum absolute atomic E-state index is 12.1. The summed E-state index contributed by atoms with van der Waals surface area (Å²) >= 11 is 0. The van der Waals surface area contributed by atoms with E-state index in [1.54, 1.807) is 16.4 Å². The minimum atomic E-state index is -0.548. The lowest BCUT2D eigenvalue weighted by atomic mass is 10.3. The zero-order chi connectivity index (χ0) is 14.7. The van der Waals surface area contributed by atoms with Gasteiger partial charge in [0.2, 0.25) is 11.7 Å². The summed E-state index contributed by atoms with van der Waals surface area (Å²) in [5.74, 6) is 0.284. The number of nitrogens with zero attached hydrogens (tertiary/aromatic N) is 4. The Morgan fingerprint density at radius 3 is 2.85 bits per heavy atom. The average molecular weight is 282 g/mol. The fourth-order valence-corrected chi connectivity index (χ4v) is 2.17. The molecule has 8 heteroatoms. The highest BCUT2D eigenvalue weighted by Crippen LogP contribution is 2.27. The standard InChI is InChI=1S/C12H18N4O4/c1-9-13-11(16(19)20)8-14(9)5-4-12(18)15(6-7-17)10-2-3-10/h8,10,17H,2-7H2,1H3. The second-order valence-corrected chi connectivity index (χ2v) is 4.89. The summed E-state index contributed by atoms with van der Waals surface area (Å²) in [4.78, 5) is 27.7. The lowest BCUT2D eigenvalue weighted by molar-refractivity contribution is -0.389. The number of carbonyl (C=O) groups excluding carboxylic acids is 1. The SMILES string of the molecule is Cc1nc([N+](=O)[O-])cn1CCC(=O)N(CCO)C1CC1. The molecule has 2 rings (SSSR count). The number of hydrogen-bond acceptors (Lipinski definition) is 5. The number of nitro groups is 1. The summed E-state index contributed by atoms with van der Waals surface area (Å²) in [6, 6.07) is 0.257. The molecule has 0 radical (unpaired) electrons. The Bertz CT molecular complexity index is 510. The monoisotopic (exact) mass is 282 g/mol. The fraction of sp³-hybridized carbons (Fsp3) is 0.667. The molecule has 20 heavy (non-hydrogen) atoms. The van der Waals surface area contributed by atoms with Gasteiger partial charge in [0.15, 0.2) is 0 Å². The number of rotatable bonds is 7. The Morgan fingerprint density at radius 1 is 1.65 bits per heavy atom. The molecule has 0 bridgehead atoms. The van der Waals surface area contributed by atoms with E-state index in [1.165, 1.54) is 6.20 Å². The molecular formula is C12H18N4O4. The Labute approximate surface area is 116 Å². The number of carbonyl (C=O) groups is 1. The second-order valence-electron chi connectivity index (χ2n) is 4.89. The van der Waals surface area contributed by atoms with E-state index in [9.17, 15) is 14.9 Å². The van der Waals surface area contributed by atoms with Crippen LogP contribution in [0.1, 0.15) is 25.1 Å². The maximum atomic E-state index is 12.1. The molecule has 110 valence electrons. The lowest BCUT2D eigenvalue weighted by Crippen LogP contribution is -2.35. The van der Waals surface area contributed by atoms with Gasteiger partial charge >= 0.3 is 5.82 Å². The molecule has 0 aromatic carbocycles. The van der Waals surface area contributed by atoms with Gasteiger partial charge in [-0.1, -0.05) is 0 Å². The topological polar surface area (TPSA) is 102 Å². The van der Waals surface area contributed by atoms with E-state index in [0.29, 0.717) is 18.9 Å². The Morgan fingerprint density at radius 2 is 2.35 bits per heavy atom. The van der Waals surface area contributed by atoms with Crippen molar-refractivity contribution in [2.45, 2.75) is 38.8 Å². The molecule has 1 fully saturated rings. The Kier molecular flexibility index (Phi) is 4.33. The summed E-state index contributed by atoms with van der Waals surface area (Å²) in [6.07, 6.45) is 3.57. The minimum absolute atomic E-state index is 0.0303. The molecule has 1 heterocycles. The van der Waals surface area contributed by atoms with Crippen molar-refractivity contribution < 1.29 is 14.8 Å². The third-order valence-electron chi connectivity index (χ3n) is 3.37. The molecule has 0 spiro atoms. The molecular weight excluding hydrogens is 264 g/mol. The van der Waals surface area contributed by atoms with Crippen LogP contribution in [0, 0.1) is 17.0 Å². The zero-order valence-corrected chi connectivity index (χ0v) is 11.4. The number of aliphatic hydroxyl groups excluding tert-OH is 1. The molecule has 1 N–H and O–H groups in total. The van der Waals surface area contributed by atoms with Crippen molar-refractivity contribution in [3.05, 3.63) is 22.1 Å². The molecule has 8 nitrogen and oxygen atoms in total. The van der Waals surface area contributed by atoms with E-state index < -0.39 is 4.92 Å². The molecule has 1 aliphatic rings. The number of aliphatic hydroxyl groups is 1. The van der Waals surface area contributed by atoms with Gasteiger partial charge in [-0.05, 0) is 22.7 Å². The van der Waals surface area contributed by atoms with Crippen LogP contribution in [-0.4, -0.2) is 49.6 Å². The average Bonchev–Trinajstić information content (AvgIpc) is 3.16. The number of aryl methyl sites for hydroxylation is 2. The minimum Gasteiger partial charge on any atom is -0.395 e. The molecule has 1 saturated carbocycles. The summed E-state index contributed by atoms with van der Waals surface area (Å²) in [5.41, 5.74) is 0. The van der Waals surface area contributed by atoms with E-state index in [4.69, 9.17) is 5.11 Å². The van der Waals surface area contributed by atoms with Gasteiger partial charge in [0.05, 0.1) is 6.61 Å². The van der Waals surface area contributed by atoms with Gasteiger partial charge in [0, 0.05) is 32.5 Å². The van der Waals surface area contributed by atoms with Crippen molar-refractivity contribution >= 4 is 11.7 Å². The number of hydrogen-bond donors (Lipinski definition) is 1. The normalized spacial score (nSPS) is 14.3. The van der Waals surface area contributed by atoms with Crippen LogP contribution in [0.25, 0.3) is 0 Å². The summed E-state index contributed by atoms with van der Waals surface area (Å²) < 4.78 is 1.61. The first-order valence-electron chi connectivity index (χ1n) is 6.61. The van der Waals surface area contributed by atoms with Gasteiger partial charge in [-0.25, -0.2) is 0 Å². The molecule has 1 aromatic heterocycles. The smallest absolute Gasteiger partial charge is 0.381 e. The van der Waals surface area contributed by atoms with Gasteiger partial charge in [-0.2, -0.15) is 0 Å². The van der Waals surface area contributed by atoms with Gasteiger partial charge in [-0.15, -0.1) is 0 Å². The van der Waals surface area contributed by atoms with Gasteiger partial charge < -0.3 is 24.7 Å². The second kappa shape index (κ2) is 6.00. The van der Waals surface area contributed by atoms with Crippen molar-refractivity contribution in [3.63, 3.8) is 0 Å². The van der Waals surface area contributed by atoms with Crippen LogP contribution in [-0.2, 0) is 11.3 Å². The summed E-state index contributed by atoms with van der Waals surface area (Å²) in [7, 11) is 0. The van der Waals surface area contributed by atoms with Crippen LogP contribution in [0.5, 0.6) is 0 Å². The number of imidazole rings is 1. The van der Waals surface area contributed by atoms with Crippen LogP contribution < -0.4 is 0 Å². The van der Waals surface area contributed by atoms with Crippen molar-refractivity contribution in [3.8, 4) is 0 Å². The van der Waals surface area contributed by atoms with Crippen LogP contribution in [0.4, 0.5) is 5.82 Å². The van der Waals surface area contributed by atoms with E-state index >= 15 is 0 Å². The Balaban J connectivity index is 1.93. The molecule has 0 aliphatic heterocycles. The predicted molar refractivity (Wildman–Crippen MR) is 70.1 cm³/mol. The fourth-order valence-electron chi connectivity index (χ4n) is 2.17. The van der Waals surface area contributed by atoms with E-state index in [1.807, 2.05) is 0 Å². The van der Waals surface area contributed by atoms with Gasteiger partial charge in [0.1, 0.15) is 6.20 Å². The van der Waals surface area contributed by atoms with E-state index in [-0.39, 0.29) is 30.8 Å². The highest BCUT2D eigenvalue weighted by molar-refractivity contribution is 5.76. The maximum Gasteiger partial charge on any atom is 0.381 e. The molecule has 0 saturated heterocycles. The van der Waals surface area contributed by atoms with Crippen molar-refractivity contribution in [1.29, 1.82) is 0 Å². The predicted octanol–water partition coefficient (Wildman–Crippen LogP) is 0.473. The molecule has 1 amide bonds. The lowest BCUT2D eigenvalue weighted by Gasteiger charge is -2.21. The van der Waals surface area contributed by atoms with Crippen LogP contribution in [0.15, 0.2) is 6.20 Å². The zero-order valence-electron chi connectivity index (χ0n) is 11.4. The van der Waals surface area contributed by atoms with Gasteiger partial charge in [0.25, 0.3) is 0 Å². The van der Waals surface area contributed by atoms with Crippen molar-refractivity contribution in [2.24, 2.45) is 0 Å². The third kappa shape index (κ3) is 3.32. The van der Waals surface area contributed by atoms with Gasteiger partial charge in [-0.3, -0.25) is 4.79 Å².